The van der Waals surface area contributed by atoms with Gasteiger partial charge in [-0.3, -0.25) is 4.79 Å². The fourth-order valence-corrected chi connectivity index (χ4v) is 4.14. The van der Waals surface area contributed by atoms with Crippen LogP contribution < -0.4 is 5.32 Å². The average molecular weight is 376 g/mol. The summed E-state index contributed by atoms with van der Waals surface area (Å²) in [5, 5.41) is 4.17. The van der Waals surface area contributed by atoms with Crippen LogP contribution in [0.3, 0.4) is 0 Å². The lowest BCUT2D eigenvalue weighted by molar-refractivity contribution is 0.0776. The molecule has 0 radical (unpaired) electrons. The molecule has 2 atom stereocenters. The summed E-state index contributed by atoms with van der Waals surface area (Å²) in [5.41, 5.74) is 0.583. The molecule has 0 spiro atoms. The van der Waals surface area contributed by atoms with Gasteiger partial charge in [0.25, 0.3) is 5.91 Å². The summed E-state index contributed by atoms with van der Waals surface area (Å²) in [4.78, 5) is 20.1. The molecule has 126 valence electrons. The number of halogens is 2. The van der Waals surface area contributed by atoms with Gasteiger partial charge < -0.3 is 14.6 Å². The van der Waals surface area contributed by atoms with E-state index in [0.29, 0.717) is 17.5 Å². The molecule has 2 saturated heterocycles. The zero-order valence-corrected chi connectivity index (χ0v) is 15.1. The van der Waals surface area contributed by atoms with Crippen molar-refractivity contribution in [3.63, 3.8) is 0 Å². The van der Waals surface area contributed by atoms with Crippen molar-refractivity contribution < 1.29 is 9.21 Å². The Morgan fingerprint density at radius 2 is 2.04 bits per heavy atom. The standard InChI is InChI=1S/C15H17N3O2S.2ClH/c1-9-13(17-14(21-9)12-3-2-4-20-12)15(19)18-7-10-5-16-6-11(10)8-18;;/h2-4,10-11,16H,5-8H2,1H3;2*1H/t10-,11+;;. The normalized spacial score (nSPS) is 22.4. The Morgan fingerprint density at radius 3 is 2.65 bits per heavy atom. The van der Waals surface area contributed by atoms with Gasteiger partial charge in [-0.05, 0) is 30.9 Å². The quantitative estimate of drug-likeness (QED) is 0.876. The number of aryl methyl sites for hydroxylation is 1. The molecular formula is C15H19Cl2N3O2S. The van der Waals surface area contributed by atoms with Gasteiger partial charge in [-0.2, -0.15) is 0 Å². The molecule has 2 fully saturated rings. The Morgan fingerprint density at radius 1 is 1.35 bits per heavy atom. The lowest BCUT2D eigenvalue weighted by Gasteiger charge is -2.16. The maximum Gasteiger partial charge on any atom is 0.273 e. The lowest BCUT2D eigenvalue weighted by atomic mass is 10.0. The van der Waals surface area contributed by atoms with Crippen LogP contribution in [0.1, 0.15) is 15.4 Å². The number of aromatic nitrogens is 1. The molecule has 2 aliphatic heterocycles. The summed E-state index contributed by atoms with van der Waals surface area (Å²) in [5.74, 6) is 2.01. The molecule has 1 amide bonds. The summed E-state index contributed by atoms with van der Waals surface area (Å²) in [6, 6.07) is 3.71. The highest BCUT2D eigenvalue weighted by molar-refractivity contribution is 7.15. The second-order valence-corrected chi connectivity index (χ2v) is 6.99. The Balaban J connectivity index is 0.000000960. The first-order chi connectivity index (χ1) is 10.2. The van der Waals surface area contributed by atoms with Gasteiger partial charge in [-0.1, -0.05) is 0 Å². The van der Waals surface area contributed by atoms with Gasteiger partial charge in [0.1, 0.15) is 5.69 Å². The zero-order chi connectivity index (χ0) is 14.4. The van der Waals surface area contributed by atoms with Crippen LogP contribution in [0.2, 0.25) is 0 Å². The largest absolute Gasteiger partial charge is 0.462 e. The highest BCUT2D eigenvalue weighted by Crippen LogP contribution is 2.31. The molecular weight excluding hydrogens is 357 g/mol. The number of nitrogens with zero attached hydrogens (tertiary/aromatic N) is 2. The first-order valence-electron chi connectivity index (χ1n) is 7.23. The first-order valence-corrected chi connectivity index (χ1v) is 8.05. The fraction of sp³-hybridized carbons (Fsp3) is 0.467. The summed E-state index contributed by atoms with van der Waals surface area (Å²) in [6.45, 7) is 5.72. The average Bonchev–Trinajstić information content (AvgIpc) is 3.21. The summed E-state index contributed by atoms with van der Waals surface area (Å²) in [6.07, 6.45) is 1.63. The highest BCUT2D eigenvalue weighted by Gasteiger charge is 2.39. The van der Waals surface area contributed by atoms with Gasteiger partial charge in [0.2, 0.25) is 0 Å². The number of likely N-dealkylation sites (tertiary alicyclic amines) is 1. The summed E-state index contributed by atoms with van der Waals surface area (Å²) < 4.78 is 5.37. The molecule has 0 bridgehead atoms. The van der Waals surface area contributed by atoms with E-state index in [-0.39, 0.29) is 30.7 Å². The summed E-state index contributed by atoms with van der Waals surface area (Å²) >= 11 is 1.52. The number of hydrogen-bond donors (Lipinski definition) is 1. The van der Waals surface area contributed by atoms with E-state index >= 15 is 0 Å². The molecule has 1 N–H and O–H groups in total. The van der Waals surface area contributed by atoms with E-state index in [4.69, 9.17) is 4.42 Å². The van der Waals surface area contributed by atoms with Gasteiger partial charge in [0.15, 0.2) is 10.8 Å². The van der Waals surface area contributed by atoms with Gasteiger partial charge in [0, 0.05) is 31.1 Å². The number of amides is 1. The monoisotopic (exact) mass is 375 g/mol. The molecule has 2 aromatic heterocycles. The van der Waals surface area contributed by atoms with E-state index in [1.165, 1.54) is 11.3 Å². The lowest BCUT2D eigenvalue weighted by Crippen LogP contribution is -2.32. The van der Waals surface area contributed by atoms with Crippen molar-refractivity contribution >= 4 is 42.1 Å². The SMILES string of the molecule is Cc1sc(-c2ccco2)nc1C(=O)N1C[C@H]2CNC[C@H]2C1.Cl.Cl. The van der Waals surface area contributed by atoms with Crippen LogP contribution in [0.4, 0.5) is 0 Å². The predicted octanol–water partition coefficient (Wildman–Crippen LogP) is 2.85. The van der Waals surface area contributed by atoms with Crippen LogP contribution in [-0.2, 0) is 0 Å². The van der Waals surface area contributed by atoms with E-state index in [1.807, 2.05) is 24.0 Å². The second-order valence-electron chi connectivity index (χ2n) is 5.79. The number of furan rings is 1. The minimum atomic E-state index is 0. The molecule has 8 heteroatoms. The Kier molecular flexibility index (Phi) is 5.73. The number of rotatable bonds is 2. The topological polar surface area (TPSA) is 58.4 Å². The molecule has 23 heavy (non-hydrogen) atoms. The predicted molar refractivity (Wildman–Crippen MR) is 94.8 cm³/mol. The highest BCUT2D eigenvalue weighted by atomic mass is 35.5. The third-order valence-corrected chi connectivity index (χ3v) is 5.39. The Labute approximate surface area is 151 Å². The molecule has 2 aliphatic rings. The Hall–Kier alpha value is -1.08. The van der Waals surface area contributed by atoms with Gasteiger partial charge in [-0.25, -0.2) is 4.98 Å². The molecule has 5 nitrogen and oxygen atoms in total. The van der Waals surface area contributed by atoms with Crippen molar-refractivity contribution in [3.05, 3.63) is 29.0 Å². The molecule has 2 aromatic rings. The third kappa shape index (κ3) is 3.26. The van der Waals surface area contributed by atoms with Crippen molar-refractivity contribution in [1.29, 1.82) is 0 Å². The summed E-state index contributed by atoms with van der Waals surface area (Å²) in [7, 11) is 0. The second kappa shape index (κ2) is 7.21. The van der Waals surface area contributed by atoms with Crippen LogP contribution in [0.5, 0.6) is 0 Å². The van der Waals surface area contributed by atoms with Crippen LogP contribution in [-0.4, -0.2) is 42.0 Å². The molecule has 0 saturated carbocycles. The van der Waals surface area contributed by atoms with Gasteiger partial charge in [0.05, 0.1) is 6.26 Å². The number of hydrogen-bond acceptors (Lipinski definition) is 5. The number of nitrogens with one attached hydrogen (secondary N) is 1. The van der Waals surface area contributed by atoms with E-state index in [0.717, 1.165) is 41.8 Å². The van der Waals surface area contributed by atoms with Crippen molar-refractivity contribution in [2.75, 3.05) is 26.2 Å². The van der Waals surface area contributed by atoms with E-state index in [9.17, 15) is 4.79 Å². The maximum absolute atomic E-state index is 12.7. The van der Waals surface area contributed by atoms with Gasteiger partial charge >= 0.3 is 0 Å². The minimum absolute atomic E-state index is 0. The Bertz CT molecular complexity index is 662. The van der Waals surface area contributed by atoms with Crippen molar-refractivity contribution in [2.24, 2.45) is 11.8 Å². The van der Waals surface area contributed by atoms with Crippen molar-refractivity contribution in [1.82, 2.24) is 15.2 Å². The third-order valence-electron chi connectivity index (χ3n) is 4.41. The van der Waals surface area contributed by atoms with E-state index in [2.05, 4.69) is 10.3 Å². The molecule has 0 unspecified atom stereocenters. The van der Waals surface area contributed by atoms with Crippen molar-refractivity contribution in [2.45, 2.75) is 6.92 Å². The van der Waals surface area contributed by atoms with Crippen LogP contribution in [0, 0.1) is 18.8 Å². The number of carbonyl (C=O) groups excluding carboxylic acids is 1. The molecule has 0 aliphatic carbocycles. The minimum Gasteiger partial charge on any atom is -0.462 e. The van der Waals surface area contributed by atoms with Crippen molar-refractivity contribution in [3.8, 4) is 10.8 Å². The fourth-order valence-electron chi connectivity index (χ4n) is 3.27. The van der Waals surface area contributed by atoms with E-state index < -0.39 is 0 Å². The van der Waals surface area contributed by atoms with Crippen LogP contribution in [0.25, 0.3) is 10.8 Å². The van der Waals surface area contributed by atoms with Crippen LogP contribution >= 0.6 is 36.2 Å². The van der Waals surface area contributed by atoms with Gasteiger partial charge in [-0.15, -0.1) is 36.2 Å². The maximum atomic E-state index is 12.7. The number of fused-ring (bicyclic) bond motifs is 1. The van der Waals surface area contributed by atoms with Crippen LogP contribution in [0.15, 0.2) is 22.8 Å². The molecule has 0 aromatic carbocycles. The molecule has 4 heterocycles. The number of thiazole rings is 1. The number of carbonyl (C=O) groups is 1. The molecule has 4 rings (SSSR count). The smallest absolute Gasteiger partial charge is 0.273 e. The zero-order valence-electron chi connectivity index (χ0n) is 12.7. The van der Waals surface area contributed by atoms with E-state index in [1.54, 1.807) is 6.26 Å². The first kappa shape index (κ1) is 18.3.